The predicted octanol–water partition coefficient (Wildman–Crippen LogP) is 1.57. The minimum absolute atomic E-state index is 0.0282. The number of carbonyl (C=O) groups excluding carboxylic acids is 1. The second-order valence-corrected chi connectivity index (χ2v) is 4.34. The van der Waals surface area contributed by atoms with Gasteiger partial charge in [0, 0.05) is 13.5 Å². The Labute approximate surface area is 106 Å². The van der Waals surface area contributed by atoms with Crippen LogP contribution in [-0.4, -0.2) is 20.7 Å². The van der Waals surface area contributed by atoms with E-state index in [1.54, 1.807) is 17.9 Å². The first-order valence-corrected chi connectivity index (χ1v) is 6.08. The quantitative estimate of drug-likeness (QED) is 0.597. The zero-order chi connectivity index (χ0) is 12.8. The monoisotopic (exact) mass is 254 g/mol. The van der Waals surface area contributed by atoms with E-state index in [0.29, 0.717) is 17.8 Å². The molecule has 1 aromatic rings. The highest BCUT2D eigenvalue weighted by Gasteiger charge is 2.13. The molecule has 0 spiro atoms. The van der Waals surface area contributed by atoms with Crippen LogP contribution in [0.4, 0.5) is 5.82 Å². The summed E-state index contributed by atoms with van der Waals surface area (Å²) in [4.78, 5) is 11.9. The van der Waals surface area contributed by atoms with E-state index in [0.717, 1.165) is 19.3 Å². The Balaban J connectivity index is 2.64. The second-order valence-electron chi connectivity index (χ2n) is 3.90. The molecule has 0 radical (unpaired) electrons. The smallest absolute Gasteiger partial charge is 0.225 e. The molecule has 0 bridgehead atoms. The molecular formula is C11H18N4OS. The lowest BCUT2D eigenvalue weighted by Gasteiger charge is -2.07. The van der Waals surface area contributed by atoms with Crippen molar-refractivity contribution in [3.8, 4) is 0 Å². The summed E-state index contributed by atoms with van der Waals surface area (Å²) in [5.41, 5.74) is 6.16. The Kier molecular flexibility index (Phi) is 5.09. The van der Waals surface area contributed by atoms with Gasteiger partial charge >= 0.3 is 0 Å². The fourth-order valence-corrected chi connectivity index (χ4v) is 1.65. The van der Waals surface area contributed by atoms with Gasteiger partial charge in [0.15, 0.2) is 0 Å². The number of rotatable bonds is 6. The third-order valence-corrected chi connectivity index (χ3v) is 2.69. The molecular weight excluding hydrogens is 236 g/mol. The molecule has 1 heterocycles. The average Bonchev–Trinajstić information content (AvgIpc) is 2.61. The molecule has 5 nitrogen and oxygen atoms in total. The van der Waals surface area contributed by atoms with Gasteiger partial charge in [0.1, 0.15) is 10.8 Å². The van der Waals surface area contributed by atoms with Crippen LogP contribution in [0.3, 0.4) is 0 Å². The van der Waals surface area contributed by atoms with Crippen molar-refractivity contribution in [1.29, 1.82) is 0 Å². The Bertz CT molecular complexity index is 414. The van der Waals surface area contributed by atoms with Crippen molar-refractivity contribution in [2.45, 2.75) is 32.6 Å². The van der Waals surface area contributed by atoms with E-state index >= 15 is 0 Å². The minimum Gasteiger partial charge on any atom is -0.389 e. The van der Waals surface area contributed by atoms with Crippen molar-refractivity contribution in [2.24, 2.45) is 12.8 Å². The van der Waals surface area contributed by atoms with Gasteiger partial charge in [0.25, 0.3) is 0 Å². The molecule has 94 valence electrons. The lowest BCUT2D eigenvalue weighted by Crippen LogP contribution is -2.18. The van der Waals surface area contributed by atoms with E-state index in [1.807, 2.05) is 0 Å². The number of hydrogen-bond acceptors (Lipinski definition) is 3. The largest absolute Gasteiger partial charge is 0.389 e. The number of carbonyl (C=O) groups is 1. The maximum atomic E-state index is 11.7. The zero-order valence-corrected chi connectivity index (χ0v) is 11.0. The molecule has 0 aliphatic carbocycles. The predicted molar refractivity (Wildman–Crippen MR) is 71.9 cm³/mol. The number of nitrogens with zero attached hydrogens (tertiary/aromatic N) is 2. The molecule has 0 aliphatic rings. The number of amides is 1. The lowest BCUT2D eigenvalue weighted by molar-refractivity contribution is -0.116. The van der Waals surface area contributed by atoms with Gasteiger partial charge in [0.05, 0.1) is 11.8 Å². The number of unbranched alkanes of at least 4 members (excludes halogenated alkanes) is 2. The van der Waals surface area contributed by atoms with Crippen molar-refractivity contribution < 1.29 is 4.79 Å². The van der Waals surface area contributed by atoms with Crippen molar-refractivity contribution >= 4 is 28.9 Å². The van der Waals surface area contributed by atoms with E-state index in [4.69, 9.17) is 18.0 Å². The standard InChI is InChI=1S/C11H18N4OS/c1-3-4-5-6-9(16)14-11-8(10(12)17)7-13-15(11)2/h7H,3-6H2,1-2H3,(H2,12,17)(H,14,16). The lowest BCUT2D eigenvalue weighted by atomic mass is 10.2. The number of anilines is 1. The molecule has 1 rings (SSSR count). The number of nitrogens with two attached hydrogens (primary N) is 1. The van der Waals surface area contributed by atoms with Gasteiger partial charge in [-0.3, -0.25) is 9.48 Å². The van der Waals surface area contributed by atoms with Crippen LogP contribution in [0.25, 0.3) is 0 Å². The number of nitrogens with one attached hydrogen (secondary N) is 1. The van der Waals surface area contributed by atoms with Crippen LogP contribution in [0, 0.1) is 0 Å². The first-order valence-electron chi connectivity index (χ1n) is 5.68. The molecule has 0 saturated heterocycles. The topological polar surface area (TPSA) is 72.9 Å². The van der Waals surface area contributed by atoms with Gasteiger partial charge in [-0.1, -0.05) is 32.0 Å². The molecule has 0 atom stereocenters. The summed E-state index contributed by atoms with van der Waals surface area (Å²) in [6, 6.07) is 0. The average molecular weight is 254 g/mol. The van der Waals surface area contributed by atoms with Gasteiger partial charge in [0.2, 0.25) is 5.91 Å². The summed E-state index contributed by atoms with van der Waals surface area (Å²) >= 11 is 4.90. The van der Waals surface area contributed by atoms with Crippen LogP contribution in [0.5, 0.6) is 0 Å². The van der Waals surface area contributed by atoms with Crippen LogP contribution in [0.2, 0.25) is 0 Å². The number of aromatic nitrogens is 2. The summed E-state index contributed by atoms with van der Waals surface area (Å²) in [6.07, 6.45) is 5.11. The van der Waals surface area contributed by atoms with Gasteiger partial charge in [-0.05, 0) is 6.42 Å². The molecule has 0 fully saturated rings. The van der Waals surface area contributed by atoms with Crippen LogP contribution >= 0.6 is 12.2 Å². The molecule has 0 aliphatic heterocycles. The zero-order valence-electron chi connectivity index (χ0n) is 10.2. The normalized spacial score (nSPS) is 10.2. The molecule has 0 unspecified atom stereocenters. The third-order valence-electron chi connectivity index (χ3n) is 2.47. The molecule has 3 N–H and O–H groups in total. The Morgan fingerprint density at radius 2 is 2.29 bits per heavy atom. The van der Waals surface area contributed by atoms with Crippen LogP contribution in [0.1, 0.15) is 38.2 Å². The summed E-state index contributed by atoms with van der Waals surface area (Å²) in [6.45, 7) is 2.10. The maximum absolute atomic E-state index is 11.7. The highest BCUT2D eigenvalue weighted by molar-refractivity contribution is 7.80. The fraction of sp³-hybridized carbons (Fsp3) is 0.545. The van der Waals surface area contributed by atoms with Crippen LogP contribution in [0.15, 0.2) is 6.20 Å². The molecule has 6 heteroatoms. The molecule has 1 amide bonds. The second kappa shape index (κ2) is 6.34. The van der Waals surface area contributed by atoms with Crippen molar-refractivity contribution in [3.05, 3.63) is 11.8 Å². The minimum atomic E-state index is -0.0282. The first-order chi connectivity index (χ1) is 8.06. The number of hydrogen-bond donors (Lipinski definition) is 2. The third kappa shape index (κ3) is 3.81. The van der Waals surface area contributed by atoms with E-state index in [1.165, 1.54) is 0 Å². The van der Waals surface area contributed by atoms with E-state index in [9.17, 15) is 4.79 Å². The number of thiocarbonyl (C=S) groups is 1. The van der Waals surface area contributed by atoms with Crippen molar-refractivity contribution in [3.63, 3.8) is 0 Å². The molecule has 1 aromatic heterocycles. The molecule has 0 aromatic carbocycles. The Hall–Kier alpha value is -1.43. The van der Waals surface area contributed by atoms with Crippen LogP contribution in [-0.2, 0) is 11.8 Å². The summed E-state index contributed by atoms with van der Waals surface area (Å²) in [7, 11) is 1.74. The molecule has 0 saturated carbocycles. The number of aryl methyl sites for hydroxylation is 1. The fourth-order valence-electron chi connectivity index (χ4n) is 1.50. The summed E-state index contributed by atoms with van der Waals surface area (Å²) < 4.78 is 1.56. The maximum Gasteiger partial charge on any atom is 0.225 e. The van der Waals surface area contributed by atoms with Crippen molar-refractivity contribution in [1.82, 2.24) is 9.78 Å². The Morgan fingerprint density at radius 1 is 1.59 bits per heavy atom. The van der Waals surface area contributed by atoms with Gasteiger partial charge in [-0.15, -0.1) is 0 Å². The SMILES string of the molecule is CCCCCC(=O)Nc1c(C(N)=S)cnn1C. The first kappa shape index (κ1) is 13.6. The molecule has 17 heavy (non-hydrogen) atoms. The van der Waals surface area contributed by atoms with Crippen LogP contribution < -0.4 is 11.1 Å². The Morgan fingerprint density at radius 3 is 2.88 bits per heavy atom. The van der Waals surface area contributed by atoms with E-state index < -0.39 is 0 Å². The van der Waals surface area contributed by atoms with Gasteiger partial charge in [-0.25, -0.2) is 0 Å². The van der Waals surface area contributed by atoms with Gasteiger partial charge in [-0.2, -0.15) is 5.10 Å². The summed E-state index contributed by atoms with van der Waals surface area (Å²) in [5.74, 6) is 0.540. The summed E-state index contributed by atoms with van der Waals surface area (Å²) in [5, 5.41) is 6.81. The highest BCUT2D eigenvalue weighted by atomic mass is 32.1. The van der Waals surface area contributed by atoms with Gasteiger partial charge < -0.3 is 11.1 Å². The highest BCUT2D eigenvalue weighted by Crippen LogP contribution is 2.14. The van der Waals surface area contributed by atoms with E-state index in [-0.39, 0.29) is 10.9 Å². The van der Waals surface area contributed by atoms with Crippen molar-refractivity contribution in [2.75, 3.05) is 5.32 Å². The van der Waals surface area contributed by atoms with E-state index in [2.05, 4.69) is 17.3 Å².